The fourth-order valence-electron chi connectivity index (χ4n) is 3.44. The van der Waals surface area contributed by atoms with Crippen LogP contribution in [0.5, 0.6) is 0 Å². The molecule has 0 atom stereocenters. The maximum absolute atomic E-state index is 11.1. The van der Waals surface area contributed by atoms with Gasteiger partial charge in [0.15, 0.2) is 5.96 Å². The summed E-state index contributed by atoms with van der Waals surface area (Å²) < 4.78 is 0. The van der Waals surface area contributed by atoms with E-state index in [0.29, 0.717) is 18.2 Å². The Balaban J connectivity index is 1.42. The zero-order valence-electron chi connectivity index (χ0n) is 16.4. The van der Waals surface area contributed by atoms with E-state index in [1.807, 2.05) is 12.1 Å². The Labute approximate surface area is 166 Å². The van der Waals surface area contributed by atoms with Crippen LogP contribution in [0.3, 0.4) is 0 Å². The first kappa shape index (κ1) is 19.9. The van der Waals surface area contributed by atoms with Crippen LogP contribution in [0.25, 0.3) is 0 Å². The Kier molecular flexibility index (Phi) is 7.03. The van der Waals surface area contributed by atoms with Gasteiger partial charge in [-0.15, -0.1) is 0 Å². The third-order valence-corrected chi connectivity index (χ3v) is 5.10. The van der Waals surface area contributed by atoms with Crippen LogP contribution < -0.4 is 16.4 Å². The monoisotopic (exact) mass is 379 g/mol. The number of nitrogens with zero attached hydrogens (tertiary/aromatic N) is 2. The van der Waals surface area contributed by atoms with Gasteiger partial charge in [-0.1, -0.05) is 42.5 Å². The van der Waals surface area contributed by atoms with E-state index in [2.05, 4.69) is 50.9 Å². The zero-order valence-corrected chi connectivity index (χ0v) is 16.4. The molecule has 2 aromatic carbocycles. The van der Waals surface area contributed by atoms with Crippen molar-refractivity contribution in [1.82, 2.24) is 15.5 Å². The summed E-state index contributed by atoms with van der Waals surface area (Å²) in [7, 11) is 1.79. The van der Waals surface area contributed by atoms with E-state index in [1.54, 1.807) is 19.2 Å². The molecule has 148 valence electrons. The van der Waals surface area contributed by atoms with Gasteiger partial charge in [0.25, 0.3) is 0 Å². The van der Waals surface area contributed by atoms with E-state index in [4.69, 9.17) is 5.73 Å². The summed E-state index contributed by atoms with van der Waals surface area (Å²) in [6, 6.07) is 18.4. The highest BCUT2D eigenvalue weighted by Gasteiger charge is 2.20. The minimum absolute atomic E-state index is 0.407. The fourth-order valence-corrected chi connectivity index (χ4v) is 3.44. The molecule has 1 heterocycles. The van der Waals surface area contributed by atoms with Crippen molar-refractivity contribution < 1.29 is 4.79 Å². The Hall–Kier alpha value is -2.86. The summed E-state index contributed by atoms with van der Waals surface area (Å²) in [4.78, 5) is 18.0. The lowest BCUT2D eigenvalue weighted by molar-refractivity contribution is 0.100. The number of nitrogens with one attached hydrogen (secondary N) is 2. The minimum atomic E-state index is -0.407. The molecule has 4 N–H and O–H groups in total. The van der Waals surface area contributed by atoms with Crippen molar-refractivity contribution in [2.45, 2.75) is 32.0 Å². The van der Waals surface area contributed by atoms with Gasteiger partial charge < -0.3 is 16.4 Å². The van der Waals surface area contributed by atoms with Gasteiger partial charge in [-0.05, 0) is 36.1 Å². The molecule has 6 heteroatoms. The summed E-state index contributed by atoms with van der Waals surface area (Å²) >= 11 is 0. The number of aliphatic imine (C=N–C) groups is 1. The Bertz CT molecular complexity index is 780. The average Bonchev–Trinajstić information content (AvgIpc) is 2.73. The summed E-state index contributed by atoms with van der Waals surface area (Å²) in [6.45, 7) is 3.82. The lowest BCUT2D eigenvalue weighted by Gasteiger charge is -2.33. The smallest absolute Gasteiger partial charge is 0.248 e. The highest BCUT2D eigenvalue weighted by Crippen LogP contribution is 2.14. The Morgan fingerprint density at radius 1 is 1.07 bits per heavy atom. The quantitative estimate of drug-likeness (QED) is 0.530. The van der Waals surface area contributed by atoms with Crippen molar-refractivity contribution in [3.8, 4) is 0 Å². The standard InChI is InChI=1S/C22H29N5O/c1-24-22(25-15-17-7-9-19(10-8-17)21(23)28)26-20-11-13-27(14-12-20)16-18-5-3-2-4-6-18/h2-10,20H,11-16H2,1H3,(H2,23,28)(H2,24,25,26). The van der Waals surface area contributed by atoms with Crippen LogP contribution in [0.2, 0.25) is 0 Å². The van der Waals surface area contributed by atoms with Gasteiger partial charge in [0.05, 0.1) is 0 Å². The molecule has 0 aliphatic carbocycles. The van der Waals surface area contributed by atoms with Crippen LogP contribution >= 0.6 is 0 Å². The molecule has 1 fully saturated rings. The van der Waals surface area contributed by atoms with E-state index in [1.165, 1.54) is 5.56 Å². The SMILES string of the molecule is CN=C(NCc1ccc(C(N)=O)cc1)NC1CCN(Cc2ccccc2)CC1. The summed E-state index contributed by atoms with van der Waals surface area (Å²) in [6.07, 6.45) is 2.20. The van der Waals surface area contributed by atoms with Crippen LogP contribution in [0, 0.1) is 0 Å². The molecule has 1 aliphatic rings. The second-order valence-electron chi connectivity index (χ2n) is 7.17. The number of rotatable bonds is 6. The van der Waals surface area contributed by atoms with Crippen molar-refractivity contribution in [3.05, 3.63) is 71.3 Å². The normalized spacial score (nSPS) is 16.0. The van der Waals surface area contributed by atoms with Gasteiger partial charge in [-0.2, -0.15) is 0 Å². The van der Waals surface area contributed by atoms with E-state index >= 15 is 0 Å². The van der Waals surface area contributed by atoms with E-state index in [-0.39, 0.29) is 0 Å². The number of piperidine rings is 1. The van der Waals surface area contributed by atoms with Crippen LogP contribution in [0.15, 0.2) is 59.6 Å². The molecule has 28 heavy (non-hydrogen) atoms. The number of hydrogen-bond acceptors (Lipinski definition) is 3. The van der Waals surface area contributed by atoms with Crippen molar-refractivity contribution in [2.75, 3.05) is 20.1 Å². The number of carbonyl (C=O) groups is 1. The number of primary amides is 1. The molecule has 0 spiro atoms. The molecule has 0 aromatic heterocycles. The van der Waals surface area contributed by atoms with Gasteiger partial charge >= 0.3 is 0 Å². The summed E-state index contributed by atoms with van der Waals surface area (Å²) in [5.74, 6) is 0.399. The zero-order chi connectivity index (χ0) is 19.8. The number of amides is 1. The second kappa shape index (κ2) is 9.90. The number of guanidine groups is 1. The largest absolute Gasteiger partial charge is 0.366 e. The first-order valence-electron chi connectivity index (χ1n) is 9.76. The number of benzene rings is 2. The minimum Gasteiger partial charge on any atom is -0.366 e. The maximum Gasteiger partial charge on any atom is 0.248 e. The molecule has 6 nitrogen and oxygen atoms in total. The van der Waals surface area contributed by atoms with Crippen molar-refractivity contribution in [3.63, 3.8) is 0 Å². The first-order valence-corrected chi connectivity index (χ1v) is 9.76. The topological polar surface area (TPSA) is 82.7 Å². The van der Waals surface area contributed by atoms with Crippen LogP contribution in [-0.4, -0.2) is 42.9 Å². The molecular weight excluding hydrogens is 350 g/mol. The van der Waals surface area contributed by atoms with Crippen molar-refractivity contribution in [2.24, 2.45) is 10.7 Å². The average molecular weight is 380 g/mol. The predicted molar refractivity (Wildman–Crippen MR) is 113 cm³/mol. The maximum atomic E-state index is 11.1. The van der Waals surface area contributed by atoms with E-state index < -0.39 is 5.91 Å². The third kappa shape index (κ3) is 5.82. The highest BCUT2D eigenvalue weighted by atomic mass is 16.1. The predicted octanol–water partition coefficient (Wildman–Crippen LogP) is 2.12. The Morgan fingerprint density at radius 3 is 2.36 bits per heavy atom. The molecule has 1 amide bonds. The number of likely N-dealkylation sites (tertiary alicyclic amines) is 1. The molecular formula is C22H29N5O. The van der Waals surface area contributed by atoms with Gasteiger partial charge in [-0.25, -0.2) is 0 Å². The lowest BCUT2D eigenvalue weighted by Crippen LogP contribution is -2.48. The number of hydrogen-bond donors (Lipinski definition) is 3. The van der Waals surface area contributed by atoms with Crippen molar-refractivity contribution >= 4 is 11.9 Å². The molecule has 0 bridgehead atoms. The van der Waals surface area contributed by atoms with Gasteiger partial charge in [0, 0.05) is 44.8 Å². The van der Waals surface area contributed by atoms with Crippen LogP contribution in [0.1, 0.15) is 34.3 Å². The summed E-state index contributed by atoms with van der Waals surface area (Å²) in [5.41, 5.74) is 8.24. The van der Waals surface area contributed by atoms with Gasteiger partial charge in [0.1, 0.15) is 0 Å². The molecule has 0 saturated carbocycles. The number of nitrogens with two attached hydrogens (primary N) is 1. The molecule has 1 saturated heterocycles. The molecule has 2 aromatic rings. The molecule has 0 unspecified atom stereocenters. The van der Waals surface area contributed by atoms with E-state index in [0.717, 1.165) is 44.0 Å². The van der Waals surface area contributed by atoms with Crippen LogP contribution in [-0.2, 0) is 13.1 Å². The second-order valence-corrected chi connectivity index (χ2v) is 7.17. The molecule has 3 rings (SSSR count). The van der Waals surface area contributed by atoms with Crippen LogP contribution in [0.4, 0.5) is 0 Å². The van der Waals surface area contributed by atoms with Crippen molar-refractivity contribution in [1.29, 1.82) is 0 Å². The highest BCUT2D eigenvalue weighted by molar-refractivity contribution is 5.92. The van der Waals surface area contributed by atoms with Gasteiger partial charge in [-0.3, -0.25) is 14.7 Å². The third-order valence-electron chi connectivity index (χ3n) is 5.10. The fraction of sp³-hybridized carbons (Fsp3) is 0.364. The van der Waals surface area contributed by atoms with Gasteiger partial charge in [0.2, 0.25) is 5.91 Å². The molecule has 0 radical (unpaired) electrons. The van der Waals surface area contributed by atoms with E-state index in [9.17, 15) is 4.79 Å². The lowest BCUT2D eigenvalue weighted by atomic mass is 10.0. The number of carbonyl (C=O) groups excluding carboxylic acids is 1. The summed E-state index contributed by atoms with van der Waals surface area (Å²) in [5, 5.41) is 6.87. The Morgan fingerprint density at radius 2 is 1.75 bits per heavy atom. The first-order chi connectivity index (χ1) is 13.6. The molecule has 1 aliphatic heterocycles.